The van der Waals surface area contributed by atoms with E-state index in [2.05, 4.69) is 13.8 Å². The molecule has 0 radical (unpaired) electrons. The number of halogens is 1. The zero-order chi connectivity index (χ0) is 14.0. The average Bonchev–Trinajstić information content (AvgIpc) is 2.31. The van der Waals surface area contributed by atoms with E-state index in [0.717, 1.165) is 35.4 Å². The molecule has 0 aliphatic heterocycles. The van der Waals surface area contributed by atoms with Gasteiger partial charge in [-0.05, 0) is 61.6 Å². The fourth-order valence-corrected chi connectivity index (χ4v) is 3.56. The lowest BCUT2D eigenvalue weighted by molar-refractivity contribution is -0.0244. The van der Waals surface area contributed by atoms with Crippen molar-refractivity contribution >= 4 is 11.6 Å². The van der Waals surface area contributed by atoms with E-state index >= 15 is 0 Å². The van der Waals surface area contributed by atoms with E-state index in [4.69, 9.17) is 11.6 Å². The van der Waals surface area contributed by atoms with E-state index in [1.54, 1.807) is 0 Å². The van der Waals surface area contributed by atoms with Crippen molar-refractivity contribution in [2.45, 2.75) is 58.5 Å². The van der Waals surface area contributed by atoms with Crippen LogP contribution in [0.3, 0.4) is 0 Å². The summed E-state index contributed by atoms with van der Waals surface area (Å²) in [6.07, 6.45) is 5.31. The molecular formula is C17H25ClO. The zero-order valence-corrected chi connectivity index (χ0v) is 13.0. The summed E-state index contributed by atoms with van der Waals surface area (Å²) >= 11 is 6.20. The summed E-state index contributed by atoms with van der Waals surface area (Å²) in [5.74, 6) is 1.34. The van der Waals surface area contributed by atoms with Crippen molar-refractivity contribution in [1.82, 2.24) is 0 Å². The lowest BCUT2D eigenvalue weighted by Crippen LogP contribution is -2.33. The van der Waals surface area contributed by atoms with Gasteiger partial charge in [0.25, 0.3) is 0 Å². The maximum Gasteiger partial charge on any atom is 0.0899 e. The first-order valence-electron chi connectivity index (χ1n) is 7.40. The normalized spacial score (nSPS) is 27.8. The second-order valence-corrected chi connectivity index (χ2v) is 6.99. The standard InChI is InChI=1S/C17H25ClO/c1-12(2)9-14-5-4-8-17(19,11-14)15-7-6-13(3)16(18)10-15/h6-7,10,12,14,19H,4-5,8-9,11H2,1-3H3. The minimum atomic E-state index is -0.671. The molecule has 0 aromatic heterocycles. The Morgan fingerprint density at radius 1 is 1.42 bits per heavy atom. The van der Waals surface area contributed by atoms with Crippen molar-refractivity contribution in [3.63, 3.8) is 0 Å². The van der Waals surface area contributed by atoms with Gasteiger partial charge in [0, 0.05) is 5.02 Å². The van der Waals surface area contributed by atoms with Crippen molar-refractivity contribution in [3.05, 3.63) is 34.3 Å². The highest BCUT2D eigenvalue weighted by molar-refractivity contribution is 6.31. The average molecular weight is 281 g/mol. The van der Waals surface area contributed by atoms with Crippen molar-refractivity contribution < 1.29 is 5.11 Å². The molecule has 2 atom stereocenters. The van der Waals surface area contributed by atoms with Crippen LogP contribution in [0.2, 0.25) is 5.02 Å². The molecule has 1 saturated carbocycles. The Balaban J connectivity index is 2.18. The highest BCUT2D eigenvalue weighted by Crippen LogP contribution is 2.42. The zero-order valence-electron chi connectivity index (χ0n) is 12.2. The van der Waals surface area contributed by atoms with Crippen LogP contribution in [0.5, 0.6) is 0 Å². The first-order chi connectivity index (χ1) is 8.90. The predicted molar refractivity (Wildman–Crippen MR) is 81.5 cm³/mol. The molecule has 1 aliphatic rings. The monoisotopic (exact) mass is 280 g/mol. The highest BCUT2D eigenvalue weighted by Gasteiger charge is 2.36. The first-order valence-corrected chi connectivity index (χ1v) is 7.77. The lowest BCUT2D eigenvalue weighted by Gasteiger charge is -2.38. The number of hydrogen-bond acceptors (Lipinski definition) is 1. The number of rotatable bonds is 3. The topological polar surface area (TPSA) is 20.2 Å². The van der Waals surface area contributed by atoms with E-state index in [9.17, 15) is 5.11 Å². The highest BCUT2D eigenvalue weighted by atomic mass is 35.5. The number of benzene rings is 1. The molecule has 0 saturated heterocycles. The minimum Gasteiger partial charge on any atom is -0.385 e. The van der Waals surface area contributed by atoms with Crippen LogP contribution in [0.4, 0.5) is 0 Å². The van der Waals surface area contributed by atoms with Gasteiger partial charge in [-0.25, -0.2) is 0 Å². The Labute approximate surface area is 122 Å². The summed E-state index contributed by atoms with van der Waals surface area (Å²) in [7, 11) is 0. The Hall–Kier alpha value is -0.530. The third-order valence-corrected chi connectivity index (χ3v) is 4.75. The van der Waals surface area contributed by atoms with E-state index in [1.165, 1.54) is 12.8 Å². The summed E-state index contributed by atoms with van der Waals surface area (Å²) in [4.78, 5) is 0. The first kappa shape index (κ1) is 14.9. The Bertz CT molecular complexity index is 441. The molecular weight excluding hydrogens is 256 g/mol. The third-order valence-electron chi connectivity index (χ3n) is 4.34. The van der Waals surface area contributed by atoms with Gasteiger partial charge in [-0.1, -0.05) is 44.0 Å². The molecule has 1 nitrogen and oxygen atoms in total. The minimum absolute atomic E-state index is 0.638. The van der Waals surface area contributed by atoms with E-state index in [0.29, 0.717) is 11.8 Å². The molecule has 19 heavy (non-hydrogen) atoms. The Kier molecular flexibility index (Phi) is 4.58. The Morgan fingerprint density at radius 3 is 2.79 bits per heavy atom. The molecule has 106 valence electrons. The van der Waals surface area contributed by atoms with E-state index in [1.807, 2.05) is 25.1 Å². The second-order valence-electron chi connectivity index (χ2n) is 6.59. The van der Waals surface area contributed by atoms with Crippen LogP contribution in [0.25, 0.3) is 0 Å². The van der Waals surface area contributed by atoms with Gasteiger partial charge in [-0.2, -0.15) is 0 Å². The van der Waals surface area contributed by atoms with E-state index < -0.39 is 5.60 Å². The number of hydrogen-bond donors (Lipinski definition) is 1. The molecule has 1 N–H and O–H groups in total. The smallest absolute Gasteiger partial charge is 0.0899 e. The van der Waals surface area contributed by atoms with Crippen LogP contribution in [0.1, 0.15) is 57.1 Å². The number of aliphatic hydroxyl groups is 1. The van der Waals surface area contributed by atoms with Crippen molar-refractivity contribution in [3.8, 4) is 0 Å². The fraction of sp³-hybridized carbons (Fsp3) is 0.647. The SMILES string of the molecule is Cc1ccc(C2(O)CCCC(CC(C)C)C2)cc1Cl. The molecule has 0 amide bonds. The van der Waals surface area contributed by atoms with E-state index in [-0.39, 0.29) is 0 Å². The van der Waals surface area contributed by atoms with Crippen LogP contribution in [0.15, 0.2) is 18.2 Å². The molecule has 2 unspecified atom stereocenters. The molecule has 1 aromatic rings. The van der Waals surface area contributed by atoms with Crippen molar-refractivity contribution in [2.24, 2.45) is 11.8 Å². The van der Waals surface area contributed by atoms with Gasteiger partial charge >= 0.3 is 0 Å². The quantitative estimate of drug-likeness (QED) is 0.819. The van der Waals surface area contributed by atoms with Gasteiger partial charge in [0.15, 0.2) is 0 Å². The summed E-state index contributed by atoms with van der Waals surface area (Å²) < 4.78 is 0. The van der Waals surface area contributed by atoms with Crippen LogP contribution < -0.4 is 0 Å². The molecule has 0 heterocycles. The summed E-state index contributed by atoms with van der Waals surface area (Å²) in [5, 5.41) is 11.7. The third kappa shape index (κ3) is 3.52. The van der Waals surface area contributed by atoms with Crippen LogP contribution in [-0.2, 0) is 5.60 Å². The maximum atomic E-state index is 11.0. The van der Waals surface area contributed by atoms with Gasteiger partial charge in [0.2, 0.25) is 0 Å². The molecule has 1 fully saturated rings. The largest absolute Gasteiger partial charge is 0.385 e. The molecule has 2 rings (SSSR count). The molecule has 1 aromatic carbocycles. The fourth-order valence-electron chi connectivity index (χ4n) is 3.38. The molecule has 1 aliphatic carbocycles. The summed E-state index contributed by atoms with van der Waals surface area (Å²) in [6.45, 7) is 6.52. The van der Waals surface area contributed by atoms with Gasteiger partial charge in [-0.3, -0.25) is 0 Å². The lowest BCUT2D eigenvalue weighted by atomic mass is 9.72. The summed E-state index contributed by atoms with van der Waals surface area (Å²) in [6, 6.07) is 6.01. The van der Waals surface area contributed by atoms with Gasteiger partial charge in [-0.15, -0.1) is 0 Å². The maximum absolute atomic E-state index is 11.0. The Morgan fingerprint density at radius 2 is 2.16 bits per heavy atom. The number of aryl methyl sites for hydroxylation is 1. The van der Waals surface area contributed by atoms with Crippen LogP contribution in [0, 0.1) is 18.8 Å². The van der Waals surface area contributed by atoms with Gasteiger partial charge in [0.1, 0.15) is 0 Å². The molecule has 0 bridgehead atoms. The van der Waals surface area contributed by atoms with Gasteiger partial charge < -0.3 is 5.11 Å². The second kappa shape index (κ2) is 5.85. The predicted octanol–water partition coefficient (Wildman–Crippen LogP) is 5.07. The van der Waals surface area contributed by atoms with Crippen molar-refractivity contribution in [1.29, 1.82) is 0 Å². The van der Waals surface area contributed by atoms with Crippen LogP contribution >= 0.6 is 11.6 Å². The molecule has 2 heteroatoms. The summed E-state index contributed by atoms with van der Waals surface area (Å²) in [5.41, 5.74) is 1.40. The molecule has 0 spiro atoms. The van der Waals surface area contributed by atoms with Crippen molar-refractivity contribution in [2.75, 3.05) is 0 Å². The van der Waals surface area contributed by atoms with Gasteiger partial charge in [0.05, 0.1) is 5.60 Å². The van der Waals surface area contributed by atoms with Crippen LogP contribution in [-0.4, -0.2) is 5.11 Å².